The second-order valence-electron chi connectivity index (χ2n) is 7.89. The molecule has 4 N–H and O–H groups in total. The summed E-state index contributed by atoms with van der Waals surface area (Å²) >= 11 is 0. The Bertz CT molecular complexity index is 850. The number of aromatic nitrogens is 1. The minimum absolute atomic E-state index is 0.0830. The summed E-state index contributed by atoms with van der Waals surface area (Å²) < 4.78 is 0. The molecular weight excluding hydrogens is 376 g/mol. The maximum atomic E-state index is 11.6. The summed E-state index contributed by atoms with van der Waals surface area (Å²) in [6, 6.07) is 6.92. The number of guanidine groups is 1. The molecule has 0 atom stereocenters. The fourth-order valence-corrected chi connectivity index (χ4v) is 4.10. The first-order valence-corrected chi connectivity index (χ1v) is 11.2. The van der Waals surface area contributed by atoms with E-state index in [9.17, 15) is 4.79 Å². The molecule has 1 aromatic carbocycles. The number of piperidine rings is 1. The topological polar surface area (TPSA) is 84.6 Å². The highest BCUT2D eigenvalue weighted by molar-refractivity contribution is 5.86. The number of aryl methyl sites for hydroxylation is 1. The Hall–Kier alpha value is -2.54. The number of nitrogens with one attached hydrogen (secondary N) is 4. The van der Waals surface area contributed by atoms with E-state index in [1.54, 1.807) is 7.05 Å². The molecular formula is C23H36N6O. The van der Waals surface area contributed by atoms with Crippen LogP contribution in [0, 0.1) is 0 Å². The van der Waals surface area contributed by atoms with Crippen LogP contribution in [0.15, 0.2) is 29.4 Å². The third-order valence-corrected chi connectivity index (χ3v) is 5.84. The number of aromatic amines is 1. The number of likely N-dealkylation sites (N-methyl/N-ethyl adjacent to an activating group) is 1. The van der Waals surface area contributed by atoms with Crippen LogP contribution < -0.4 is 16.0 Å². The predicted octanol–water partition coefficient (Wildman–Crippen LogP) is 2.04. The zero-order chi connectivity index (χ0) is 21.3. The van der Waals surface area contributed by atoms with Crippen molar-refractivity contribution in [2.24, 2.45) is 4.99 Å². The van der Waals surface area contributed by atoms with Crippen molar-refractivity contribution in [3.63, 3.8) is 0 Å². The monoisotopic (exact) mass is 412 g/mol. The second-order valence-corrected chi connectivity index (χ2v) is 7.89. The molecule has 1 aliphatic heterocycles. The second kappa shape index (κ2) is 11.0. The first-order chi connectivity index (χ1) is 14.6. The third-order valence-electron chi connectivity index (χ3n) is 5.84. The first kappa shape index (κ1) is 22.2. The Morgan fingerprint density at radius 2 is 2.03 bits per heavy atom. The average molecular weight is 413 g/mol. The molecule has 1 saturated heterocycles. The summed E-state index contributed by atoms with van der Waals surface area (Å²) in [6.07, 6.45) is 6.11. The lowest BCUT2D eigenvalue weighted by Crippen LogP contribution is -2.50. The van der Waals surface area contributed by atoms with Crippen molar-refractivity contribution in [1.29, 1.82) is 0 Å². The molecule has 1 aromatic heterocycles. The lowest BCUT2D eigenvalue weighted by atomic mass is 10.1. The quantitative estimate of drug-likeness (QED) is 0.395. The van der Waals surface area contributed by atoms with Crippen molar-refractivity contribution in [3.05, 3.63) is 35.5 Å². The molecule has 30 heavy (non-hydrogen) atoms. The zero-order valence-electron chi connectivity index (χ0n) is 18.6. The van der Waals surface area contributed by atoms with Gasteiger partial charge in [-0.2, -0.15) is 0 Å². The molecule has 0 saturated carbocycles. The standard InChI is InChI=1S/C23H36N6O/c1-4-17-7-6-8-20-18(15-27-22(17)20)9-12-26-23(25-5-2)28-19-10-13-29(14-11-19)16-21(30)24-3/h6-8,15,19,27H,4-5,9-14,16H2,1-3H3,(H,24,30)(H2,25,26,28). The lowest BCUT2D eigenvalue weighted by molar-refractivity contribution is -0.122. The average Bonchev–Trinajstić information content (AvgIpc) is 3.18. The van der Waals surface area contributed by atoms with Gasteiger partial charge < -0.3 is 20.9 Å². The van der Waals surface area contributed by atoms with Gasteiger partial charge in [0.1, 0.15) is 0 Å². The van der Waals surface area contributed by atoms with Gasteiger partial charge in [-0.25, -0.2) is 0 Å². The van der Waals surface area contributed by atoms with E-state index < -0.39 is 0 Å². The fraction of sp³-hybridized carbons (Fsp3) is 0.565. The number of hydrogen-bond donors (Lipinski definition) is 4. The van der Waals surface area contributed by atoms with Crippen LogP contribution in [0.2, 0.25) is 0 Å². The Morgan fingerprint density at radius 3 is 2.73 bits per heavy atom. The molecule has 0 bridgehead atoms. The predicted molar refractivity (Wildman–Crippen MR) is 124 cm³/mol. The molecule has 0 unspecified atom stereocenters. The molecule has 1 amide bonds. The largest absolute Gasteiger partial charge is 0.361 e. The molecule has 2 aromatic rings. The number of carbonyl (C=O) groups is 1. The van der Waals surface area contributed by atoms with Crippen molar-refractivity contribution in [1.82, 2.24) is 25.8 Å². The van der Waals surface area contributed by atoms with E-state index >= 15 is 0 Å². The fourth-order valence-electron chi connectivity index (χ4n) is 4.10. The Balaban J connectivity index is 1.53. The number of hydrogen-bond acceptors (Lipinski definition) is 3. The van der Waals surface area contributed by atoms with Gasteiger partial charge in [-0.15, -0.1) is 0 Å². The first-order valence-electron chi connectivity index (χ1n) is 11.2. The van der Waals surface area contributed by atoms with Crippen LogP contribution in [-0.4, -0.2) is 67.6 Å². The van der Waals surface area contributed by atoms with Crippen molar-refractivity contribution >= 4 is 22.8 Å². The van der Waals surface area contributed by atoms with Crippen LogP contribution in [0.4, 0.5) is 0 Å². The Morgan fingerprint density at radius 1 is 1.23 bits per heavy atom. The number of para-hydroxylation sites is 1. The molecule has 164 valence electrons. The zero-order valence-corrected chi connectivity index (χ0v) is 18.6. The molecule has 0 radical (unpaired) electrons. The molecule has 1 fully saturated rings. The Labute approximate surface area is 179 Å². The number of fused-ring (bicyclic) bond motifs is 1. The normalized spacial score (nSPS) is 16.0. The minimum Gasteiger partial charge on any atom is -0.361 e. The Kier molecular flexibility index (Phi) is 8.13. The number of likely N-dealkylation sites (tertiary alicyclic amines) is 1. The van der Waals surface area contributed by atoms with E-state index in [-0.39, 0.29) is 5.91 Å². The number of amides is 1. The van der Waals surface area contributed by atoms with Crippen molar-refractivity contribution in [2.45, 2.75) is 45.6 Å². The molecule has 0 spiro atoms. The van der Waals surface area contributed by atoms with E-state index in [4.69, 9.17) is 4.99 Å². The van der Waals surface area contributed by atoms with Crippen LogP contribution >= 0.6 is 0 Å². The van der Waals surface area contributed by atoms with Crippen LogP contribution in [0.3, 0.4) is 0 Å². The van der Waals surface area contributed by atoms with Crippen molar-refractivity contribution in [2.75, 3.05) is 39.8 Å². The van der Waals surface area contributed by atoms with Gasteiger partial charge in [-0.3, -0.25) is 14.7 Å². The SMILES string of the molecule is CCNC(=NCCc1c[nH]c2c(CC)cccc12)NC1CCN(CC(=O)NC)CC1. The van der Waals surface area contributed by atoms with E-state index in [1.165, 1.54) is 22.0 Å². The highest BCUT2D eigenvalue weighted by Gasteiger charge is 2.21. The van der Waals surface area contributed by atoms with Crippen LogP contribution in [0.5, 0.6) is 0 Å². The number of carbonyl (C=O) groups excluding carboxylic acids is 1. The van der Waals surface area contributed by atoms with E-state index in [1.807, 2.05) is 0 Å². The maximum absolute atomic E-state index is 11.6. The van der Waals surface area contributed by atoms with Gasteiger partial charge in [0.25, 0.3) is 0 Å². The summed E-state index contributed by atoms with van der Waals surface area (Å²) in [5, 5.41) is 11.0. The number of rotatable bonds is 8. The summed E-state index contributed by atoms with van der Waals surface area (Å²) in [4.78, 5) is 22.0. The highest BCUT2D eigenvalue weighted by Crippen LogP contribution is 2.22. The van der Waals surface area contributed by atoms with Gasteiger partial charge in [0.05, 0.1) is 6.54 Å². The number of benzene rings is 1. The molecule has 3 rings (SSSR count). The lowest BCUT2D eigenvalue weighted by Gasteiger charge is -2.32. The van der Waals surface area contributed by atoms with Gasteiger partial charge >= 0.3 is 0 Å². The third kappa shape index (κ3) is 5.75. The highest BCUT2D eigenvalue weighted by atomic mass is 16.1. The smallest absolute Gasteiger partial charge is 0.233 e. The molecule has 0 aliphatic carbocycles. The molecule has 7 nitrogen and oxygen atoms in total. The maximum Gasteiger partial charge on any atom is 0.233 e. The minimum atomic E-state index is 0.0830. The number of H-pyrrole nitrogens is 1. The van der Waals surface area contributed by atoms with Gasteiger partial charge in [-0.05, 0) is 43.7 Å². The summed E-state index contributed by atoms with van der Waals surface area (Å²) in [5.74, 6) is 0.969. The van der Waals surface area contributed by atoms with Gasteiger partial charge in [0.2, 0.25) is 5.91 Å². The molecule has 1 aliphatic rings. The van der Waals surface area contributed by atoms with Gasteiger partial charge in [0, 0.05) is 56.4 Å². The van der Waals surface area contributed by atoms with Gasteiger partial charge in [-0.1, -0.05) is 25.1 Å². The molecule has 7 heteroatoms. The number of aliphatic imine (C=N–C) groups is 1. The van der Waals surface area contributed by atoms with Gasteiger partial charge in [0.15, 0.2) is 5.96 Å². The number of nitrogens with zero attached hydrogens (tertiary/aromatic N) is 2. The summed E-state index contributed by atoms with van der Waals surface area (Å²) in [5.41, 5.74) is 3.94. The van der Waals surface area contributed by atoms with Crippen LogP contribution in [0.1, 0.15) is 37.8 Å². The van der Waals surface area contributed by atoms with Crippen molar-refractivity contribution < 1.29 is 4.79 Å². The van der Waals surface area contributed by atoms with Crippen molar-refractivity contribution in [3.8, 4) is 0 Å². The summed E-state index contributed by atoms with van der Waals surface area (Å²) in [7, 11) is 1.69. The summed E-state index contributed by atoms with van der Waals surface area (Å²) in [6.45, 7) is 8.22. The van der Waals surface area contributed by atoms with E-state index in [2.05, 4.69) is 64.1 Å². The molecule has 2 heterocycles. The van der Waals surface area contributed by atoms with E-state index in [0.29, 0.717) is 12.6 Å². The van der Waals surface area contributed by atoms with Crippen LogP contribution in [0.25, 0.3) is 10.9 Å². The van der Waals surface area contributed by atoms with E-state index in [0.717, 1.165) is 57.8 Å². The van der Waals surface area contributed by atoms with Crippen LogP contribution in [-0.2, 0) is 17.6 Å².